The zero-order valence-corrected chi connectivity index (χ0v) is 20.7. The van der Waals surface area contributed by atoms with E-state index in [9.17, 15) is 14.4 Å². The number of aromatic nitrogens is 2. The molecular formula is C25H32ClN5O3. The Balaban J connectivity index is 1.60. The summed E-state index contributed by atoms with van der Waals surface area (Å²) >= 11 is 6.01. The maximum absolute atomic E-state index is 13.5. The third-order valence-corrected chi connectivity index (χ3v) is 7.12. The van der Waals surface area contributed by atoms with Crippen LogP contribution < -0.4 is 10.6 Å². The van der Waals surface area contributed by atoms with Crippen molar-refractivity contribution in [3.05, 3.63) is 46.2 Å². The average molecular weight is 486 g/mol. The number of benzene rings is 1. The Hall–Kier alpha value is -2.87. The molecule has 1 unspecified atom stereocenters. The lowest BCUT2D eigenvalue weighted by Crippen LogP contribution is -2.65. The van der Waals surface area contributed by atoms with Gasteiger partial charge in [-0.1, -0.05) is 37.8 Å². The second-order valence-corrected chi connectivity index (χ2v) is 9.96. The molecule has 182 valence electrons. The van der Waals surface area contributed by atoms with Crippen molar-refractivity contribution < 1.29 is 14.4 Å². The van der Waals surface area contributed by atoms with Crippen molar-refractivity contribution >= 4 is 35.0 Å². The number of nitrogens with one attached hydrogen (secondary N) is 2. The van der Waals surface area contributed by atoms with Gasteiger partial charge in [0, 0.05) is 29.4 Å². The summed E-state index contributed by atoms with van der Waals surface area (Å²) in [5.41, 5.74) is 0.822. The van der Waals surface area contributed by atoms with Crippen LogP contribution >= 0.6 is 11.6 Å². The first-order valence-electron chi connectivity index (χ1n) is 12.0. The van der Waals surface area contributed by atoms with E-state index >= 15 is 0 Å². The van der Waals surface area contributed by atoms with Crippen LogP contribution in [0, 0.1) is 6.92 Å². The van der Waals surface area contributed by atoms with Gasteiger partial charge in [0.25, 0.3) is 11.8 Å². The molecule has 0 saturated heterocycles. The van der Waals surface area contributed by atoms with Gasteiger partial charge in [0.05, 0.1) is 6.54 Å². The summed E-state index contributed by atoms with van der Waals surface area (Å²) in [6.45, 7) is 6.37. The topological polar surface area (TPSA) is 96.3 Å². The molecule has 2 N–H and O–H groups in total. The Morgan fingerprint density at radius 3 is 2.65 bits per heavy atom. The molecule has 34 heavy (non-hydrogen) atoms. The highest BCUT2D eigenvalue weighted by atomic mass is 35.5. The molecule has 2 aromatic rings. The van der Waals surface area contributed by atoms with E-state index in [-0.39, 0.29) is 30.1 Å². The van der Waals surface area contributed by atoms with Crippen LogP contribution in [-0.2, 0) is 11.3 Å². The SMILES string of the molecule is CCCCN1C(=O)c2cc(C(=O)Nc3ccc(Cl)cc3C)nn2CC1(C)C(=O)NC1CCCC1. The first kappa shape index (κ1) is 24.3. The maximum Gasteiger partial charge on any atom is 0.276 e. The molecule has 1 aliphatic carbocycles. The van der Waals surface area contributed by atoms with E-state index in [1.165, 1.54) is 10.7 Å². The number of hydrogen-bond donors (Lipinski definition) is 2. The standard InChI is InChI=1S/C25H32ClN5O3/c1-4-5-12-30-23(33)21-14-20(22(32)28-19-11-10-17(26)13-16(19)2)29-31(21)15-25(30,3)24(34)27-18-8-6-7-9-18/h10-11,13-14,18H,4-9,12,15H2,1-3H3,(H,27,34)(H,28,32). The largest absolute Gasteiger partial charge is 0.351 e. The van der Waals surface area contributed by atoms with Crippen molar-refractivity contribution in [3.8, 4) is 0 Å². The number of fused-ring (bicyclic) bond motifs is 1. The van der Waals surface area contributed by atoms with Crippen molar-refractivity contribution in [2.24, 2.45) is 0 Å². The minimum absolute atomic E-state index is 0.133. The first-order valence-corrected chi connectivity index (χ1v) is 12.4. The predicted octanol–water partition coefficient (Wildman–Crippen LogP) is 4.17. The Morgan fingerprint density at radius 2 is 1.97 bits per heavy atom. The van der Waals surface area contributed by atoms with Crippen LogP contribution in [-0.4, -0.2) is 50.5 Å². The second kappa shape index (κ2) is 9.78. The number of unbranched alkanes of at least 4 members (excludes halogenated alkanes) is 1. The van der Waals surface area contributed by atoms with Gasteiger partial charge in [0.1, 0.15) is 11.2 Å². The molecule has 0 bridgehead atoms. The van der Waals surface area contributed by atoms with Crippen LogP contribution in [0.25, 0.3) is 0 Å². The Bertz CT molecular complexity index is 1110. The highest BCUT2D eigenvalue weighted by Crippen LogP contribution is 2.29. The molecule has 4 rings (SSSR count). The third-order valence-electron chi connectivity index (χ3n) is 6.88. The normalized spacial score (nSPS) is 20.4. The van der Waals surface area contributed by atoms with Gasteiger partial charge in [-0.25, -0.2) is 0 Å². The molecule has 0 spiro atoms. The van der Waals surface area contributed by atoms with Gasteiger partial charge in [-0.3, -0.25) is 19.1 Å². The van der Waals surface area contributed by atoms with Crippen LogP contribution in [0.5, 0.6) is 0 Å². The highest BCUT2D eigenvalue weighted by Gasteiger charge is 2.48. The number of carbonyl (C=O) groups is 3. The van der Waals surface area contributed by atoms with Gasteiger partial charge >= 0.3 is 0 Å². The van der Waals surface area contributed by atoms with Crippen LogP contribution in [0.4, 0.5) is 5.69 Å². The molecule has 3 amide bonds. The molecular weight excluding hydrogens is 454 g/mol. The molecule has 1 saturated carbocycles. The van der Waals surface area contributed by atoms with Crippen molar-refractivity contribution in [2.45, 2.75) is 77.4 Å². The minimum atomic E-state index is -1.08. The first-order chi connectivity index (χ1) is 16.2. The lowest BCUT2D eigenvalue weighted by atomic mass is 9.94. The fraction of sp³-hybridized carbons (Fsp3) is 0.520. The van der Waals surface area contributed by atoms with Crippen LogP contribution in [0.2, 0.25) is 5.02 Å². The van der Waals surface area contributed by atoms with E-state index in [0.717, 1.165) is 44.1 Å². The zero-order valence-electron chi connectivity index (χ0n) is 20.0. The molecule has 1 aromatic heterocycles. The van der Waals surface area contributed by atoms with Crippen molar-refractivity contribution in [1.82, 2.24) is 20.0 Å². The van der Waals surface area contributed by atoms with Gasteiger partial charge in [-0.15, -0.1) is 0 Å². The molecule has 1 aromatic carbocycles. The van der Waals surface area contributed by atoms with E-state index in [0.29, 0.717) is 22.9 Å². The van der Waals surface area contributed by atoms with E-state index in [2.05, 4.69) is 22.7 Å². The van der Waals surface area contributed by atoms with Crippen LogP contribution in [0.3, 0.4) is 0 Å². The highest BCUT2D eigenvalue weighted by molar-refractivity contribution is 6.30. The number of aryl methyl sites for hydroxylation is 1. The van der Waals surface area contributed by atoms with Crippen LogP contribution in [0.15, 0.2) is 24.3 Å². The third kappa shape index (κ3) is 4.69. The fourth-order valence-corrected chi connectivity index (χ4v) is 5.01. The average Bonchev–Trinajstić information content (AvgIpc) is 3.45. The van der Waals surface area contributed by atoms with E-state index in [1.54, 1.807) is 30.0 Å². The maximum atomic E-state index is 13.5. The lowest BCUT2D eigenvalue weighted by Gasteiger charge is -2.43. The number of hydrogen-bond acceptors (Lipinski definition) is 4. The molecule has 8 nitrogen and oxygen atoms in total. The van der Waals surface area contributed by atoms with Crippen molar-refractivity contribution in [1.29, 1.82) is 0 Å². The fourth-order valence-electron chi connectivity index (χ4n) is 4.78. The minimum Gasteiger partial charge on any atom is -0.351 e. The summed E-state index contributed by atoms with van der Waals surface area (Å²) in [7, 11) is 0. The Morgan fingerprint density at radius 1 is 1.24 bits per heavy atom. The summed E-state index contributed by atoms with van der Waals surface area (Å²) in [6, 6.07) is 6.85. The van der Waals surface area contributed by atoms with Crippen LogP contribution in [0.1, 0.15) is 78.9 Å². The summed E-state index contributed by atoms with van der Waals surface area (Å²) in [5, 5.41) is 11.0. The monoisotopic (exact) mass is 485 g/mol. The number of amides is 3. The molecule has 1 fully saturated rings. The van der Waals surface area contributed by atoms with E-state index in [4.69, 9.17) is 11.6 Å². The molecule has 2 heterocycles. The number of anilines is 1. The number of halogens is 1. The summed E-state index contributed by atoms with van der Waals surface area (Å²) in [5.74, 6) is -0.858. The van der Waals surface area contributed by atoms with Crippen molar-refractivity contribution in [3.63, 3.8) is 0 Å². The molecule has 0 radical (unpaired) electrons. The van der Waals surface area contributed by atoms with Gasteiger partial charge < -0.3 is 15.5 Å². The molecule has 1 atom stereocenters. The quantitative estimate of drug-likeness (QED) is 0.615. The lowest BCUT2D eigenvalue weighted by molar-refractivity contribution is -0.133. The van der Waals surface area contributed by atoms with Gasteiger partial charge in [0.15, 0.2) is 5.69 Å². The molecule has 1 aliphatic heterocycles. The number of carbonyl (C=O) groups excluding carboxylic acids is 3. The molecule has 9 heteroatoms. The molecule has 2 aliphatic rings. The smallest absolute Gasteiger partial charge is 0.276 e. The van der Waals surface area contributed by atoms with Gasteiger partial charge in [0.2, 0.25) is 5.91 Å². The van der Waals surface area contributed by atoms with E-state index in [1.807, 2.05) is 6.92 Å². The summed E-state index contributed by atoms with van der Waals surface area (Å²) in [4.78, 5) is 41.5. The number of nitrogens with zero attached hydrogens (tertiary/aromatic N) is 3. The summed E-state index contributed by atoms with van der Waals surface area (Å²) < 4.78 is 1.50. The Kier molecular flexibility index (Phi) is 6.98. The van der Waals surface area contributed by atoms with Gasteiger partial charge in [-0.2, -0.15) is 5.10 Å². The summed E-state index contributed by atoms with van der Waals surface area (Å²) in [6.07, 6.45) is 5.83. The van der Waals surface area contributed by atoms with Gasteiger partial charge in [-0.05, 0) is 56.9 Å². The number of rotatable bonds is 7. The van der Waals surface area contributed by atoms with Crippen molar-refractivity contribution in [2.75, 3.05) is 11.9 Å². The van der Waals surface area contributed by atoms with E-state index < -0.39 is 11.4 Å². The zero-order chi connectivity index (χ0) is 24.5. The predicted molar refractivity (Wildman–Crippen MR) is 131 cm³/mol. The second-order valence-electron chi connectivity index (χ2n) is 9.52. The Labute approximate surface area is 205 Å².